The maximum Gasteiger partial charge on any atom is 0.573 e. The summed E-state index contributed by atoms with van der Waals surface area (Å²) in [5.41, 5.74) is 3.83. The van der Waals surface area contributed by atoms with Crippen LogP contribution in [-0.4, -0.2) is 30.7 Å². The van der Waals surface area contributed by atoms with E-state index in [1.54, 1.807) is 31.2 Å². The number of benzene rings is 3. The number of hydrogen-bond donors (Lipinski definition) is 1. The second-order valence-corrected chi connectivity index (χ2v) is 7.44. The Morgan fingerprint density at radius 3 is 2.19 bits per heavy atom. The highest BCUT2D eigenvalue weighted by Crippen LogP contribution is 2.31. The Balaban J connectivity index is 1.81. The van der Waals surface area contributed by atoms with Crippen LogP contribution in [0.4, 0.5) is 13.2 Å². The molecule has 0 heterocycles. The van der Waals surface area contributed by atoms with Crippen LogP contribution in [0.25, 0.3) is 11.1 Å². The van der Waals surface area contributed by atoms with Crippen LogP contribution in [-0.2, 0) is 11.2 Å². The van der Waals surface area contributed by atoms with Gasteiger partial charge in [0.05, 0.1) is 18.8 Å². The summed E-state index contributed by atoms with van der Waals surface area (Å²) < 4.78 is 45.7. The molecule has 0 radical (unpaired) electrons. The molecule has 0 bridgehead atoms. The Morgan fingerprint density at radius 2 is 1.62 bits per heavy atom. The summed E-state index contributed by atoms with van der Waals surface area (Å²) in [6.45, 7) is 1.71. The maximum absolute atomic E-state index is 12.4. The van der Waals surface area contributed by atoms with Gasteiger partial charge in [0.2, 0.25) is 0 Å². The number of rotatable bonds is 7. The van der Waals surface area contributed by atoms with E-state index < -0.39 is 18.4 Å². The lowest BCUT2D eigenvalue weighted by molar-refractivity contribution is -0.274. The number of carbonyl (C=O) groups is 1. The number of hydrogen-bond acceptors (Lipinski definition) is 4. The second kappa shape index (κ2) is 9.87. The van der Waals surface area contributed by atoms with Gasteiger partial charge in [0.25, 0.3) is 0 Å². The van der Waals surface area contributed by atoms with Crippen LogP contribution in [0.15, 0.2) is 72.8 Å². The van der Waals surface area contributed by atoms with E-state index in [4.69, 9.17) is 4.74 Å². The fraction of sp³-hybridized carbons (Fsp3) is 0.240. The normalized spacial score (nSPS) is 13.3. The summed E-state index contributed by atoms with van der Waals surface area (Å²) in [5, 5.41) is 10.4. The van der Waals surface area contributed by atoms with Crippen LogP contribution in [0.3, 0.4) is 0 Å². The fourth-order valence-electron chi connectivity index (χ4n) is 3.51. The predicted octanol–water partition coefficient (Wildman–Crippen LogP) is 5.75. The van der Waals surface area contributed by atoms with Crippen molar-refractivity contribution in [1.82, 2.24) is 0 Å². The van der Waals surface area contributed by atoms with Crippen LogP contribution in [0.1, 0.15) is 34.3 Å². The number of alkyl halides is 3. The van der Waals surface area contributed by atoms with E-state index in [1.165, 1.54) is 19.2 Å². The summed E-state index contributed by atoms with van der Waals surface area (Å²) >= 11 is 0. The zero-order chi connectivity index (χ0) is 23.3. The Morgan fingerprint density at radius 1 is 0.969 bits per heavy atom. The van der Waals surface area contributed by atoms with Gasteiger partial charge in [-0.15, -0.1) is 13.2 Å². The monoisotopic (exact) mass is 444 g/mol. The minimum atomic E-state index is -4.74. The van der Waals surface area contributed by atoms with Crippen molar-refractivity contribution >= 4 is 5.97 Å². The Labute approximate surface area is 184 Å². The van der Waals surface area contributed by atoms with E-state index in [0.717, 1.165) is 22.3 Å². The summed E-state index contributed by atoms with van der Waals surface area (Å²) in [4.78, 5) is 11.6. The molecule has 4 nitrogen and oxygen atoms in total. The molecule has 32 heavy (non-hydrogen) atoms. The molecule has 0 fully saturated rings. The van der Waals surface area contributed by atoms with Crippen molar-refractivity contribution in [3.05, 3.63) is 89.5 Å². The third-order valence-electron chi connectivity index (χ3n) is 5.15. The van der Waals surface area contributed by atoms with E-state index in [0.29, 0.717) is 12.0 Å². The zero-order valence-corrected chi connectivity index (χ0v) is 17.6. The molecule has 1 N–H and O–H groups in total. The van der Waals surface area contributed by atoms with Gasteiger partial charge in [0.1, 0.15) is 5.75 Å². The van der Waals surface area contributed by atoms with Crippen molar-refractivity contribution in [3.8, 4) is 16.9 Å². The summed E-state index contributed by atoms with van der Waals surface area (Å²) in [7, 11) is 1.32. The quantitative estimate of drug-likeness (QED) is 0.472. The fourth-order valence-corrected chi connectivity index (χ4v) is 3.51. The first-order chi connectivity index (χ1) is 15.2. The first-order valence-electron chi connectivity index (χ1n) is 9.98. The number of halogens is 3. The highest BCUT2D eigenvalue weighted by Gasteiger charge is 2.31. The maximum atomic E-state index is 12.4. The average molecular weight is 444 g/mol. The molecule has 7 heteroatoms. The smallest absolute Gasteiger partial charge is 0.465 e. The largest absolute Gasteiger partial charge is 0.573 e. The average Bonchev–Trinajstić information content (AvgIpc) is 2.76. The molecule has 0 amide bonds. The molecule has 2 atom stereocenters. The SMILES string of the molecule is COC(=O)c1ccc(CC(c2cccc(-c3ccc(OC(F)(F)F)cc3)c2)C(C)O)cc1. The van der Waals surface area contributed by atoms with E-state index in [1.807, 2.05) is 36.4 Å². The molecule has 0 aliphatic heterocycles. The van der Waals surface area contributed by atoms with E-state index in [2.05, 4.69) is 4.74 Å². The standard InChI is InChI=1S/C25H23F3O4/c1-16(29)23(14-17-6-8-19(9-7-17)24(30)31-2)21-5-3-4-20(15-21)18-10-12-22(13-11-18)32-25(26,27)28/h3-13,15-16,23,29H,14H2,1-2H3. The predicted molar refractivity (Wildman–Crippen MR) is 114 cm³/mol. The molecule has 0 aliphatic rings. The van der Waals surface area contributed by atoms with Crippen molar-refractivity contribution in [2.45, 2.75) is 31.7 Å². The van der Waals surface area contributed by atoms with Crippen molar-refractivity contribution in [2.24, 2.45) is 0 Å². The minimum Gasteiger partial charge on any atom is -0.465 e. The van der Waals surface area contributed by atoms with Crippen LogP contribution in [0.2, 0.25) is 0 Å². The number of esters is 1. The van der Waals surface area contributed by atoms with E-state index in [9.17, 15) is 23.1 Å². The Bertz CT molecular complexity index is 1040. The molecule has 0 aromatic heterocycles. The molecule has 2 unspecified atom stereocenters. The summed E-state index contributed by atoms with van der Waals surface area (Å²) in [6, 6.07) is 20.2. The molecule has 0 spiro atoms. The van der Waals surface area contributed by atoms with Crippen molar-refractivity contribution in [1.29, 1.82) is 0 Å². The van der Waals surface area contributed by atoms with Crippen LogP contribution in [0, 0.1) is 0 Å². The molecular weight excluding hydrogens is 421 g/mol. The molecule has 0 saturated heterocycles. The first-order valence-corrected chi connectivity index (χ1v) is 9.98. The number of ether oxygens (including phenoxy) is 2. The summed E-state index contributed by atoms with van der Waals surface area (Å²) in [5.74, 6) is -0.913. The third kappa shape index (κ3) is 6.11. The molecule has 168 valence electrons. The molecule has 0 saturated carbocycles. The van der Waals surface area contributed by atoms with Crippen LogP contribution < -0.4 is 4.74 Å². The van der Waals surface area contributed by atoms with E-state index in [-0.39, 0.29) is 11.7 Å². The second-order valence-electron chi connectivity index (χ2n) is 7.44. The molecule has 3 aromatic rings. The van der Waals surface area contributed by atoms with Gasteiger partial charge in [-0.1, -0.05) is 48.5 Å². The number of aliphatic hydroxyl groups excluding tert-OH is 1. The molecule has 0 aliphatic carbocycles. The van der Waals surface area contributed by atoms with Gasteiger partial charge in [-0.3, -0.25) is 0 Å². The zero-order valence-electron chi connectivity index (χ0n) is 17.6. The van der Waals surface area contributed by atoms with Gasteiger partial charge in [-0.25, -0.2) is 4.79 Å². The van der Waals surface area contributed by atoms with Gasteiger partial charge in [-0.2, -0.15) is 0 Å². The Hall–Kier alpha value is -3.32. The van der Waals surface area contributed by atoms with Gasteiger partial charge in [-0.05, 0) is 59.9 Å². The lowest BCUT2D eigenvalue weighted by Gasteiger charge is -2.21. The number of methoxy groups -OCH3 is 1. The van der Waals surface area contributed by atoms with Crippen molar-refractivity contribution < 1.29 is 32.5 Å². The van der Waals surface area contributed by atoms with E-state index >= 15 is 0 Å². The topological polar surface area (TPSA) is 55.8 Å². The van der Waals surface area contributed by atoms with Crippen molar-refractivity contribution in [3.63, 3.8) is 0 Å². The van der Waals surface area contributed by atoms with Crippen LogP contribution >= 0.6 is 0 Å². The first kappa shape index (κ1) is 23.3. The number of aliphatic hydroxyl groups is 1. The van der Waals surface area contributed by atoms with Crippen molar-refractivity contribution in [2.75, 3.05) is 7.11 Å². The lowest BCUT2D eigenvalue weighted by atomic mass is 9.86. The Kier molecular flexibility index (Phi) is 7.20. The molecule has 3 aromatic carbocycles. The highest BCUT2D eigenvalue weighted by molar-refractivity contribution is 5.89. The third-order valence-corrected chi connectivity index (χ3v) is 5.15. The molecule has 3 rings (SSSR count). The van der Waals surface area contributed by atoms with Crippen LogP contribution in [0.5, 0.6) is 5.75 Å². The van der Waals surface area contributed by atoms with Gasteiger partial charge in [0.15, 0.2) is 0 Å². The van der Waals surface area contributed by atoms with Gasteiger partial charge < -0.3 is 14.6 Å². The lowest BCUT2D eigenvalue weighted by Crippen LogP contribution is -2.17. The minimum absolute atomic E-state index is 0.216. The molecular formula is C25H23F3O4. The highest BCUT2D eigenvalue weighted by atomic mass is 19.4. The van der Waals surface area contributed by atoms with Gasteiger partial charge >= 0.3 is 12.3 Å². The number of carbonyl (C=O) groups excluding carboxylic acids is 1. The summed E-state index contributed by atoms with van der Waals surface area (Å²) in [6.07, 6.45) is -4.84. The van der Waals surface area contributed by atoms with Gasteiger partial charge in [0, 0.05) is 5.92 Å².